The molecule has 2 fully saturated rings. The topological polar surface area (TPSA) is 231 Å². The van der Waals surface area contributed by atoms with Crippen LogP contribution in [0.4, 0.5) is 0 Å². The molecule has 0 aromatic rings. The van der Waals surface area contributed by atoms with Crippen molar-refractivity contribution >= 4 is 11.9 Å². The maximum absolute atomic E-state index is 12.9. The van der Waals surface area contributed by atoms with Crippen molar-refractivity contribution in [3.8, 4) is 0 Å². The first-order valence-corrected chi connectivity index (χ1v) is 22.9. The van der Waals surface area contributed by atoms with E-state index in [0.29, 0.717) is 12.8 Å². The van der Waals surface area contributed by atoms with Crippen molar-refractivity contribution in [3.05, 3.63) is 60.8 Å². The second-order valence-corrected chi connectivity index (χ2v) is 15.9. The third-order valence-electron chi connectivity index (χ3n) is 10.6. The third kappa shape index (κ3) is 23.2. The minimum Gasteiger partial charge on any atom is -0.462 e. The number of unbranched alkanes of at least 4 members (excludes halogenated alkanes) is 12. The summed E-state index contributed by atoms with van der Waals surface area (Å²) < 4.78 is 33.4. The fourth-order valence-electron chi connectivity index (χ4n) is 6.74. The lowest BCUT2D eigenvalue weighted by Gasteiger charge is -2.42. The number of aliphatic hydroxyl groups excluding tert-OH is 7. The van der Waals surface area contributed by atoms with E-state index in [2.05, 4.69) is 38.2 Å². The predicted molar refractivity (Wildman–Crippen MR) is 233 cm³/mol. The largest absolute Gasteiger partial charge is 0.462 e. The van der Waals surface area contributed by atoms with E-state index in [1.54, 1.807) is 0 Å². The van der Waals surface area contributed by atoms with Gasteiger partial charge in [0.1, 0.15) is 55.4 Å². The summed E-state index contributed by atoms with van der Waals surface area (Å²) in [7, 11) is 0. The maximum Gasteiger partial charge on any atom is 0.306 e. The molecule has 2 rings (SSSR count). The molecular formula is C47H78O15. The second kappa shape index (κ2) is 34.6. The number of hydrogen-bond donors (Lipinski definition) is 7. The van der Waals surface area contributed by atoms with Crippen molar-refractivity contribution in [1.82, 2.24) is 0 Å². The molecule has 2 saturated heterocycles. The van der Waals surface area contributed by atoms with E-state index in [0.717, 1.165) is 77.0 Å². The molecule has 7 N–H and O–H groups in total. The summed E-state index contributed by atoms with van der Waals surface area (Å²) >= 11 is 0. The molecule has 2 heterocycles. The molecule has 4 unspecified atom stereocenters. The maximum atomic E-state index is 12.9. The molecule has 11 atom stereocenters. The molecule has 0 aromatic carbocycles. The molecule has 15 heteroatoms. The Balaban J connectivity index is 1.86. The van der Waals surface area contributed by atoms with Crippen LogP contribution in [0.5, 0.6) is 0 Å². The smallest absolute Gasteiger partial charge is 0.306 e. The van der Waals surface area contributed by atoms with Gasteiger partial charge < -0.3 is 64.2 Å². The molecule has 15 nitrogen and oxygen atoms in total. The first kappa shape index (κ1) is 55.3. The van der Waals surface area contributed by atoms with Crippen LogP contribution in [-0.2, 0) is 38.0 Å². The molecule has 0 radical (unpaired) electrons. The Bertz CT molecular complexity index is 1320. The summed E-state index contributed by atoms with van der Waals surface area (Å²) in [6, 6.07) is 0. The van der Waals surface area contributed by atoms with Crippen molar-refractivity contribution in [3.63, 3.8) is 0 Å². The van der Waals surface area contributed by atoms with E-state index < -0.39 is 99.3 Å². The molecular weight excluding hydrogens is 805 g/mol. The third-order valence-corrected chi connectivity index (χ3v) is 10.6. The van der Waals surface area contributed by atoms with Gasteiger partial charge in [-0.15, -0.1) is 0 Å². The molecule has 0 spiro atoms. The van der Waals surface area contributed by atoms with Crippen LogP contribution in [0, 0.1) is 0 Å². The van der Waals surface area contributed by atoms with Crippen LogP contribution in [0.25, 0.3) is 0 Å². The summed E-state index contributed by atoms with van der Waals surface area (Å²) in [5.41, 5.74) is 0. The number of carbonyl (C=O) groups is 2. The molecule has 0 bridgehead atoms. The first-order chi connectivity index (χ1) is 30.0. The van der Waals surface area contributed by atoms with Gasteiger partial charge >= 0.3 is 11.9 Å². The first-order valence-electron chi connectivity index (χ1n) is 22.9. The number of carbonyl (C=O) groups excluding carboxylic acids is 2. The highest BCUT2D eigenvalue weighted by Crippen LogP contribution is 2.26. The van der Waals surface area contributed by atoms with Crippen LogP contribution in [0.15, 0.2) is 60.8 Å². The Morgan fingerprint density at radius 3 is 1.65 bits per heavy atom. The number of hydrogen-bond acceptors (Lipinski definition) is 15. The second-order valence-electron chi connectivity index (χ2n) is 15.9. The standard InChI is InChI=1S/C47H78O15/c1-3-5-7-9-11-13-15-16-17-18-20-21-23-25-27-29-38(49)57-32-35(60-39(50)30-28-26-24-22-19-14-12-10-8-6-4-2)33-58-46-45(56)43(54)41(52)37(62-46)34-59-47-44(55)42(53)40(51)36(31-48)61-47/h5,7,9-13,15-17,35-37,40-48,51-56H,3-4,6,8,14,18-34H2,1-2H3/b7-5+,11-9+,12-10+,15-13+,17-16+/t35-,36-,37-,40+,41+,42?,43?,44?,45?,46-,47-/m1/s1. The van der Waals surface area contributed by atoms with Crippen LogP contribution in [0.3, 0.4) is 0 Å². The van der Waals surface area contributed by atoms with Gasteiger partial charge in [0.25, 0.3) is 0 Å². The molecule has 2 aliphatic heterocycles. The summed E-state index contributed by atoms with van der Waals surface area (Å²) in [4.78, 5) is 25.6. The van der Waals surface area contributed by atoms with Crippen LogP contribution in [0.1, 0.15) is 129 Å². The van der Waals surface area contributed by atoms with Gasteiger partial charge in [-0.25, -0.2) is 0 Å². The highest BCUT2D eigenvalue weighted by atomic mass is 16.7. The fraction of sp³-hybridized carbons (Fsp3) is 0.745. The molecule has 0 amide bonds. The van der Waals surface area contributed by atoms with Gasteiger partial charge in [-0.3, -0.25) is 9.59 Å². The zero-order chi connectivity index (χ0) is 45.4. The predicted octanol–water partition coefficient (Wildman–Crippen LogP) is 4.92. The highest BCUT2D eigenvalue weighted by molar-refractivity contribution is 5.70. The van der Waals surface area contributed by atoms with E-state index >= 15 is 0 Å². The number of aliphatic hydroxyl groups is 7. The van der Waals surface area contributed by atoms with Crippen molar-refractivity contribution in [2.24, 2.45) is 0 Å². The molecule has 356 valence electrons. The number of esters is 2. The Labute approximate surface area is 369 Å². The van der Waals surface area contributed by atoms with Gasteiger partial charge in [0.15, 0.2) is 18.7 Å². The average molecular weight is 883 g/mol. The van der Waals surface area contributed by atoms with E-state index in [9.17, 15) is 45.3 Å². The molecule has 2 aliphatic rings. The molecule has 0 aliphatic carbocycles. The summed E-state index contributed by atoms with van der Waals surface area (Å²) in [6.07, 6.45) is 19.8. The quantitative estimate of drug-likeness (QED) is 0.0201. The summed E-state index contributed by atoms with van der Waals surface area (Å²) in [5, 5.41) is 71.8. The van der Waals surface area contributed by atoms with Crippen LogP contribution >= 0.6 is 0 Å². The van der Waals surface area contributed by atoms with Crippen LogP contribution in [0.2, 0.25) is 0 Å². The Kier molecular flexibility index (Phi) is 30.9. The normalized spacial score (nSPS) is 27.6. The van der Waals surface area contributed by atoms with E-state index in [1.165, 1.54) is 12.8 Å². The number of ether oxygens (including phenoxy) is 6. The van der Waals surface area contributed by atoms with Gasteiger partial charge in [-0.1, -0.05) is 126 Å². The van der Waals surface area contributed by atoms with Gasteiger partial charge in [0.05, 0.1) is 19.8 Å². The zero-order valence-corrected chi connectivity index (χ0v) is 37.1. The minimum absolute atomic E-state index is 0.146. The lowest BCUT2D eigenvalue weighted by molar-refractivity contribution is -0.332. The molecule has 0 saturated carbocycles. The van der Waals surface area contributed by atoms with Crippen molar-refractivity contribution in [2.45, 2.75) is 197 Å². The lowest BCUT2D eigenvalue weighted by atomic mass is 9.98. The van der Waals surface area contributed by atoms with Gasteiger partial charge in [0.2, 0.25) is 0 Å². The van der Waals surface area contributed by atoms with Crippen molar-refractivity contribution in [2.75, 3.05) is 26.4 Å². The number of rotatable bonds is 33. The molecule has 0 aromatic heterocycles. The van der Waals surface area contributed by atoms with E-state index in [-0.39, 0.29) is 19.4 Å². The van der Waals surface area contributed by atoms with Crippen molar-refractivity contribution in [1.29, 1.82) is 0 Å². The Morgan fingerprint density at radius 2 is 1.03 bits per heavy atom. The lowest BCUT2D eigenvalue weighted by Crippen LogP contribution is -2.61. The highest BCUT2D eigenvalue weighted by Gasteiger charge is 2.47. The monoisotopic (exact) mass is 883 g/mol. The molecule has 62 heavy (non-hydrogen) atoms. The summed E-state index contributed by atoms with van der Waals surface area (Å²) in [6.45, 7) is 2.34. The fourth-order valence-corrected chi connectivity index (χ4v) is 6.74. The number of allylic oxidation sites excluding steroid dienone is 10. The average Bonchev–Trinajstić information content (AvgIpc) is 3.26. The van der Waals surface area contributed by atoms with Crippen LogP contribution < -0.4 is 0 Å². The van der Waals surface area contributed by atoms with E-state index in [1.807, 2.05) is 36.5 Å². The summed E-state index contributed by atoms with van der Waals surface area (Å²) in [5.74, 6) is -0.972. The van der Waals surface area contributed by atoms with Gasteiger partial charge in [0, 0.05) is 12.8 Å². The Morgan fingerprint density at radius 1 is 0.532 bits per heavy atom. The Hall–Kier alpha value is -2.80. The van der Waals surface area contributed by atoms with Crippen LogP contribution in [-0.4, -0.2) is 142 Å². The van der Waals surface area contributed by atoms with Crippen molar-refractivity contribution < 1.29 is 73.8 Å². The van der Waals surface area contributed by atoms with E-state index in [4.69, 9.17) is 28.4 Å². The van der Waals surface area contributed by atoms with Gasteiger partial charge in [-0.05, 0) is 51.4 Å². The van der Waals surface area contributed by atoms with Gasteiger partial charge in [-0.2, -0.15) is 0 Å². The minimum atomic E-state index is -1.77. The zero-order valence-electron chi connectivity index (χ0n) is 37.1. The SMILES string of the molecule is CC/C=C/C=C/C=C/C=C/CCCCCCCC(=O)OC[C@H](CO[C@@H]1O[C@H](CO[C@@H]2O[C@H](CO)[C@H](O)C(O)C2O)[C@H](O)C(O)C1O)OC(=O)CCCCCCC/C=C/CCCC.